The molecule has 0 spiro atoms. The van der Waals surface area contributed by atoms with E-state index in [9.17, 15) is 4.39 Å². The van der Waals surface area contributed by atoms with Crippen LogP contribution in [-0.2, 0) is 6.42 Å². The SMILES string of the molecule is FCCCc1cc(-c2n[nH][nH]2)ccc1-c1ccc(-n2ccnc2)cc1. The molecule has 4 aromatic rings. The summed E-state index contributed by atoms with van der Waals surface area (Å²) in [5, 5.41) is 9.68. The highest BCUT2D eigenvalue weighted by Crippen LogP contribution is 2.29. The Morgan fingerprint density at radius 1 is 1.04 bits per heavy atom. The second-order valence-electron chi connectivity index (χ2n) is 5.88. The quantitative estimate of drug-likeness (QED) is 0.556. The number of nitrogens with zero attached hydrogens (tertiary/aromatic N) is 3. The van der Waals surface area contributed by atoms with Gasteiger partial charge in [-0.15, -0.1) is 5.10 Å². The predicted molar refractivity (Wildman–Crippen MR) is 95.2 cm³/mol. The zero-order chi connectivity index (χ0) is 17.1. The molecule has 0 aliphatic rings. The van der Waals surface area contributed by atoms with Gasteiger partial charge in [0.05, 0.1) is 13.0 Å². The third-order valence-corrected chi connectivity index (χ3v) is 4.28. The van der Waals surface area contributed by atoms with Gasteiger partial charge in [-0.3, -0.25) is 9.49 Å². The summed E-state index contributed by atoms with van der Waals surface area (Å²) in [5.41, 5.74) is 5.43. The maximum Gasteiger partial charge on any atom is 0.174 e. The summed E-state index contributed by atoms with van der Waals surface area (Å²) in [6.45, 7) is -0.315. The Balaban J connectivity index is 1.69. The minimum atomic E-state index is -0.315. The second kappa shape index (κ2) is 6.76. The number of halogens is 1. The van der Waals surface area contributed by atoms with E-state index in [0.717, 1.165) is 33.8 Å². The van der Waals surface area contributed by atoms with Crippen LogP contribution in [0.25, 0.3) is 28.2 Å². The van der Waals surface area contributed by atoms with E-state index in [0.29, 0.717) is 12.8 Å². The number of aromatic amines is 2. The Bertz CT molecular complexity index is 926. The van der Waals surface area contributed by atoms with E-state index in [1.165, 1.54) is 0 Å². The summed E-state index contributed by atoms with van der Waals surface area (Å²) in [6, 6.07) is 14.5. The number of H-pyrrole nitrogens is 2. The van der Waals surface area contributed by atoms with Gasteiger partial charge in [0.15, 0.2) is 5.82 Å². The lowest BCUT2D eigenvalue weighted by atomic mass is 9.94. The number of aryl methyl sites for hydroxylation is 1. The molecule has 126 valence electrons. The maximum absolute atomic E-state index is 12.7. The molecular formula is C19H18FN5. The molecule has 2 aromatic carbocycles. The highest BCUT2D eigenvalue weighted by atomic mass is 19.1. The molecule has 0 fully saturated rings. The van der Waals surface area contributed by atoms with E-state index < -0.39 is 0 Å². The van der Waals surface area contributed by atoms with Gasteiger partial charge in [0.25, 0.3) is 0 Å². The van der Waals surface area contributed by atoms with Crippen molar-refractivity contribution in [2.24, 2.45) is 0 Å². The average molecular weight is 335 g/mol. The number of aromatic nitrogens is 5. The van der Waals surface area contributed by atoms with Crippen molar-refractivity contribution in [1.82, 2.24) is 25.0 Å². The first-order valence-electron chi connectivity index (χ1n) is 8.22. The number of nitrogens with one attached hydrogen (secondary N) is 2. The molecule has 2 heterocycles. The van der Waals surface area contributed by atoms with Gasteiger partial charge in [0.2, 0.25) is 0 Å². The van der Waals surface area contributed by atoms with Crippen LogP contribution >= 0.6 is 0 Å². The highest BCUT2D eigenvalue weighted by Gasteiger charge is 2.10. The van der Waals surface area contributed by atoms with Gasteiger partial charge in [0.1, 0.15) is 0 Å². The Morgan fingerprint density at radius 3 is 2.48 bits per heavy atom. The normalized spacial score (nSPS) is 11.1. The van der Waals surface area contributed by atoms with Crippen LogP contribution in [0.15, 0.2) is 61.2 Å². The summed E-state index contributed by atoms with van der Waals surface area (Å²) in [5.74, 6) is 0.809. The number of hydrogen-bond acceptors (Lipinski definition) is 2. The van der Waals surface area contributed by atoms with Crippen LogP contribution in [0.5, 0.6) is 0 Å². The van der Waals surface area contributed by atoms with E-state index in [-0.39, 0.29) is 6.67 Å². The van der Waals surface area contributed by atoms with Crippen LogP contribution in [0.4, 0.5) is 4.39 Å². The predicted octanol–water partition coefficient (Wildman–Crippen LogP) is 4.16. The zero-order valence-electron chi connectivity index (χ0n) is 13.6. The first-order chi connectivity index (χ1) is 12.3. The van der Waals surface area contributed by atoms with Crippen molar-refractivity contribution in [3.63, 3.8) is 0 Å². The van der Waals surface area contributed by atoms with Crippen molar-refractivity contribution in [2.45, 2.75) is 12.8 Å². The highest BCUT2D eigenvalue weighted by molar-refractivity contribution is 5.72. The molecule has 0 amide bonds. The summed E-state index contributed by atoms with van der Waals surface area (Å²) in [4.78, 5) is 4.07. The molecule has 0 aliphatic carbocycles. The second-order valence-corrected chi connectivity index (χ2v) is 5.88. The fraction of sp³-hybridized carbons (Fsp3) is 0.158. The average Bonchev–Trinajstić information content (AvgIpc) is 3.13. The molecule has 6 heteroatoms. The standard InChI is InChI=1S/C19H18FN5/c20-9-1-2-15-12-16(19-22-24-23-19)5-8-18(15)14-3-6-17(7-4-14)25-11-10-21-13-25/h3-8,10-13,24H,1-2,9H2,(H,22,23). The van der Waals surface area contributed by atoms with Crippen LogP contribution < -0.4 is 0 Å². The van der Waals surface area contributed by atoms with E-state index in [4.69, 9.17) is 0 Å². The van der Waals surface area contributed by atoms with Gasteiger partial charge >= 0.3 is 0 Å². The molecule has 2 N–H and O–H groups in total. The summed E-state index contributed by atoms with van der Waals surface area (Å²) < 4.78 is 14.7. The Morgan fingerprint density at radius 2 is 1.84 bits per heavy atom. The zero-order valence-corrected chi connectivity index (χ0v) is 13.6. The van der Waals surface area contributed by atoms with Crippen LogP contribution in [0.3, 0.4) is 0 Å². The van der Waals surface area contributed by atoms with E-state index in [2.05, 4.69) is 56.8 Å². The molecule has 2 aromatic heterocycles. The first-order valence-corrected chi connectivity index (χ1v) is 8.22. The number of imidazole rings is 1. The monoisotopic (exact) mass is 335 g/mol. The fourth-order valence-electron chi connectivity index (χ4n) is 2.96. The molecule has 0 unspecified atom stereocenters. The fourth-order valence-corrected chi connectivity index (χ4v) is 2.96. The van der Waals surface area contributed by atoms with Gasteiger partial charge in [0, 0.05) is 23.6 Å². The molecule has 0 saturated heterocycles. The molecule has 0 atom stereocenters. The Hall–Kier alpha value is -3.15. The van der Waals surface area contributed by atoms with Crippen LogP contribution in [0.2, 0.25) is 0 Å². The number of rotatable bonds is 6. The molecule has 0 bridgehead atoms. The lowest BCUT2D eigenvalue weighted by Gasteiger charge is -2.13. The molecule has 0 aliphatic heterocycles. The smallest absolute Gasteiger partial charge is 0.174 e. The van der Waals surface area contributed by atoms with E-state index in [1.54, 1.807) is 12.5 Å². The summed E-state index contributed by atoms with van der Waals surface area (Å²) in [6.07, 6.45) is 6.66. The van der Waals surface area contributed by atoms with Crippen LogP contribution in [0, 0.1) is 0 Å². The van der Waals surface area contributed by atoms with Crippen LogP contribution in [-0.4, -0.2) is 31.6 Å². The lowest BCUT2D eigenvalue weighted by Crippen LogP contribution is -2.01. The topological polar surface area (TPSA) is 62.3 Å². The summed E-state index contributed by atoms with van der Waals surface area (Å²) in [7, 11) is 0. The van der Waals surface area contributed by atoms with Gasteiger partial charge in [-0.05, 0) is 47.7 Å². The summed E-state index contributed by atoms with van der Waals surface area (Å²) >= 11 is 0. The van der Waals surface area contributed by atoms with E-state index >= 15 is 0 Å². The number of benzene rings is 2. The third-order valence-electron chi connectivity index (χ3n) is 4.28. The molecule has 4 rings (SSSR count). The van der Waals surface area contributed by atoms with Crippen LogP contribution in [0.1, 0.15) is 12.0 Å². The van der Waals surface area contributed by atoms with Gasteiger partial charge in [-0.1, -0.05) is 24.3 Å². The Labute approximate surface area is 144 Å². The van der Waals surface area contributed by atoms with Gasteiger partial charge < -0.3 is 4.57 Å². The Kier molecular flexibility index (Phi) is 4.16. The first kappa shape index (κ1) is 15.4. The van der Waals surface area contributed by atoms with Crippen molar-refractivity contribution in [3.8, 4) is 28.2 Å². The molecule has 5 nitrogen and oxygen atoms in total. The lowest BCUT2D eigenvalue weighted by molar-refractivity contribution is 0.473. The van der Waals surface area contributed by atoms with Crippen molar-refractivity contribution in [1.29, 1.82) is 0 Å². The third kappa shape index (κ3) is 3.10. The van der Waals surface area contributed by atoms with Gasteiger partial charge in [-0.25, -0.2) is 10.2 Å². The van der Waals surface area contributed by atoms with Crippen molar-refractivity contribution < 1.29 is 4.39 Å². The minimum Gasteiger partial charge on any atom is -0.306 e. The minimum absolute atomic E-state index is 0.315. The van der Waals surface area contributed by atoms with Gasteiger partial charge in [-0.2, -0.15) is 0 Å². The van der Waals surface area contributed by atoms with E-state index in [1.807, 2.05) is 16.8 Å². The van der Waals surface area contributed by atoms with Crippen molar-refractivity contribution >= 4 is 0 Å². The number of alkyl halides is 1. The molecule has 0 saturated carbocycles. The van der Waals surface area contributed by atoms with Crippen molar-refractivity contribution in [3.05, 3.63) is 66.7 Å². The molecule has 0 radical (unpaired) electrons. The maximum atomic E-state index is 12.7. The number of hydrogen-bond donors (Lipinski definition) is 2. The molecule has 25 heavy (non-hydrogen) atoms. The largest absolute Gasteiger partial charge is 0.306 e. The molecular weight excluding hydrogens is 317 g/mol. The van der Waals surface area contributed by atoms with Crippen molar-refractivity contribution in [2.75, 3.05) is 6.67 Å².